The Kier molecular flexibility index (Phi) is 8.71. The van der Waals surface area contributed by atoms with Gasteiger partial charge in [0, 0.05) is 43.7 Å². The molecule has 2 aromatic rings. The minimum Gasteiger partial charge on any atom is -0.492 e. The highest BCUT2D eigenvalue weighted by Gasteiger charge is 2.28. The molecule has 2 N–H and O–H groups in total. The second kappa shape index (κ2) is 12.0. The van der Waals surface area contributed by atoms with E-state index < -0.39 is 0 Å². The van der Waals surface area contributed by atoms with Gasteiger partial charge in [0.2, 0.25) is 11.9 Å². The standard InChI is InChI=1S/C28H41N7O3/c1-7-38-24-16-19(27(37)30-20-9-11-21(12-10-20)33(4)5)8-13-22(24)31-28-29-17-23-26(32-28)35(18(2)3)15-14-25(36)34(23)6/h8,13,16-18,20-21H,7,9-12,14-15H2,1-6H3,(H,30,37)(H,29,31,32). The summed E-state index contributed by atoms with van der Waals surface area (Å²) >= 11 is 0. The van der Waals surface area contributed by atoms with Crippen molar-refractivity contribution in [1.29, 1.82) is 0 Å². The van der Waals surface area contributed by atoms with Gasteiger partial charge in [0.1, 0.15) is 11.4 Å². The fourth-order valence-corrected chi connectivity index (χ4v) is 5.17. The molecule has 1 aliphatic carbocycles. The lowest BCUT2D eigenvalue weighted by molar-refractivity contribution is -0.118. The van der Waals surface area contributed by atoms with E-state index in [1.165, 1.54) is 0 Å². The minimum absolute atomic E-state index is 0.0388. The molecule has 2 amide bonds. The van der Waals surface area contributed by atoms with Gasteiger partial charge in [0.15, 0.2) is 5.82 Å². The summed E-state index contributed by atoms with van der Waals surface area (Å²) in [6.45, 7) is 7.12. The quantitative estimate of drug-likeness (QED) is 0.539. The van der Waals surface area contributed by atoms with E-state index in [0.717, 1.165) is 25.7 Å². The molecule has 206 valence electrons. The molecule has 0 unspecified atom stereocenters. The Balaban J connectivity index is 1.52. The predicted octanol–water partition coefficient (Wildman–Crippen LogP) is 3.80. The summed E-state index contributed by atoms with van der Waals surface area (Å²) in [5.74, 6) is 1.61. The molecule has 2 aliphatic rings. The van der Waals surface area contributed by atoms with Gasteiger partial charge >= 0.3 is 0 Å². The molecule has 1 aromatic carbocycles. The smallest absolute Gasteiger partial charge is 0.251 e. The number of ether oxygens (including phenoxy) is 1. The summed E-state index contributed by atoms with van der Waals surface area (Å²) in [5.41, 5.74) is 1.91. The number of fused-ring (bicyclic) bond motifs is 1. The van der Waals surface area contributed by atoms with Crippen molar-refractivity contribution in [3.63, 3.8) is 0 Å². The first kappa shape index (κ1) is 27.6. The van der Waals surface area contributed by atoms with Crippen molar-refractivity contribution in [2.75, 3.05) is 49.4 Å². The predicted molar refractivity (Wildman–Crippen MR) is 151 cm³/mol. The SMILES string of the molecule is CCOc1cc(C(=O)NC2CCC(N(C)C)CC2)ccc1Nc1ncc2c(n1)N(C(C)C)CCC(=O)N2C. The van der Waals surface area contributed by atoms with Gasteiger partial charge in [0.25, 0.3) is 5.91 Å². The van der Waals surface area contributed by atoms with E-state index in [-0.39, 0.29) is 23.9 Å². The summed E-state index contributed by atoms with van der Waals surface area (Å²) in [5, 5.41) is 6.46. The highest BCUT2D eigenvalue weighted by atomic mass is 16.5. The van der Waals surface area contributed by atoms with Gasteiger partial charge in [-0.2, -0.15) is 4.98 Å². The number of rotatable bonds is 8. The summed E-state index contributed by atoms with van der Waals surface area (Å²) in [7, 11) is 5.99. The largest absolute Gasteiger partial charge is 0.492 e. The molecule has 10 nitrogen and oxygen atoms in total. The van der Waals surface area contributed by atoms with Gasteiger partial charge in [-0.15, -0.1) is 0 Å². The topological polar surface area (TPSA) is 103 Å². The van der Waals surface area contributed by atoms with Crippen LogP contribution in [0.25, 0.3) is 0 Å². The highest BCUT2D eigenvalue weighted by Crippen LogP contribution is 2.34. The molecule has 0 atom stereocenters. The molecule has 0 saturated heterocycles. The third-order valence-corrected chi connectivity index (χ3v) is 7.50. The molecule has 38 heavy (non-hydrogen) atoms. The maximum Gasteiger partial charge on any atom is 0.251 e. The molecule has 4 rings (SSSR count). The van der Waals surface area contributed by atoms with E-state index in [0.29, 0.717) is 60.1 Å². The zero-order valence-corrected chi connectivity index (χ0v) is 23.5. The fraction of sp³-hybridized carbons (Fsp3) is 0.571. The van der Waals surface area contributed by atoms with E-state index in [9.17, 15) is 9.59 Å². The van der Waals surface area contributed by atoms with Crippen LogP contribution in [0, 0.1) is 0 Å². The number of carbonyl (C=O) groups excluding carboxylic acids is 2. The molecule has 0 spiro atoms. The van der Waals surface area contributed by atoms with Crippen LogP contribution < -0.4 is 25.2 Å². The number of benzene rings is 1. The van der Waals surface area contributed by atoms with Crippen molar-refractivity contribution in [2.24, 2.45) is 0 Å². The van der Waals surface area contributed by atoms with Gasteiger partial charge in [-0.25, -0.2) is 4.98 Å². The van der Waals surface area contributed by atoms with Crippen LogP contribution >= 0.6 is 0 Å². The Morgan fingerprint density at radius 1 is 1.21 bits per heavy atom. The molecule has 1 aromatic heterocycles. The van der Waals surface area contributed by atoms with Crippen molar-refractivity contribution in [1.82, 2.24) is 20.2 Å². The highest BCUT2D eigenvalue weighted by molar-refractivity contribution is 5.97. The Bertz CT molecular complexity index is 1150. The number of hydrogen-bond acceptors (Lipinski definition) is 8. The van der Waals surface area contributed by atoms with E-state index in [1.54, 1.807) is 30.3 Å². The van der Waals surface area contributed by atoms with Crippen molar-refractivity contribution >= 4 is 35.0 Å². The second-order valence-electron chi connectivity index (χ2n) is 10.6. The van der Waals surface area contributed by atoms with Crippen molar-refractivity contribution in [3.8, 4) is 5.75 Å². The number of anilines is 4. The molecule has 1 aliphatic heterocycles. The molecule has 1 saturated carbocycles. The van der Waals surface area contributed by atoms with Crippen LogP contribution in [0.1, 0.15) is 63.2 Å². The monoisotopic (exact) mass is 523 g/mol. The number of amides is 2. The van der Waals surface area contributed by atoms with Gasteiger partial charge < -0.3 is 30.1 Å². The fourth-order valence-electron chi connectivity index (χ4n) is 5.17. The number of nitrogens with one attached hydrogen (secondary N) is 2. The second-order valence-corrected chi connectivity index (χ2v) is 10.6. The van der Waals surface area contributed by atoms with Gasteiger partial charge in [-0.05, 0) is 78.7 Å². The van der Waals surface area contributed by atoms with Crippen molar-refractivity contribution in [2.45, 2.75) is 71.0 Å². The van der Waals surface area contributed by atoms with E-state index in [1.807, 2.05) is 13.0 Å². The van der Waals surface area contributed by atoms with Gasteiger partial charge in [0.05, 0.1) is 18.5 Å². The summed E-state index contributed by atoms with van der Waals surface area (Å²) < 4.78 is 5.89. The Hall–Kier alpha value is -3.40. The normalized spacial score (nSPS) is 19.8. The maximum absolute atomic E-state index is 13.0. The van der Waals surface area contributed by atoms with Crippen LogP contribution in [0.4, 0.5) is 23.1 Å². The van der Waals surface area contributed by atoms with Crippen molar-refractivity contribution < 1.29 is 14.3 Å². The number of hydrogen-bond donors (Lipinski definition) is 2. The number of carbonyl (C=O) groups is 2. The van der Waals surface area contributed by atoms with E-state index in [2.05, 4.69) is 53.4 Å². The minimum atomic E-state index is -0.0904. The third-order valence-electron chi connectivity index (χ3n) is 7.50. The third kappa shape index (κ3) is 6.18. The first-order valence-corrected chi connectivity index (χ1v) is 13.6. The Morgan fingerprint density at radius 2 is 1.95 bits per heavy atom. The molecule has 1 fully saturated rings. The van der Waals surface area contributed by atoms with E-state index in [4.69, 9.17) is 9.72 Å². The van der Waals surface area contributed by atoms with Crippen LogP contribution in [-0.4, -0.2) is 79.1 Å². The molecule has 10 heteroatoms. The number of aromatic nitrogens is 2. The average molecular weight is 524 g/mol. The zero-order valence-electron chi connectivity index (χ0n) is 23.5. The number of nitrogens with zero attached hydrogens (tertiary/aromatic N) is 5. The van der Waals surface area contributed by atoms with Crippen LogP contribution in [-0.2, 0) is 4.79 Å². The Labute approximate surface area is 225 Å². The summed E-state index contributed by atoms with van der Waals surface area (Å²) in [4.78, 5) is 40.8. The van der Waals surface area contributed by atoms with Gasteiger partial charge in [-0.3, -0.25) is 9.59 Å². The summed E-state index contributed by atoms with van der Waals surface area (Å²) in [6.07, 6.45) is 6.24. The lowest BCUT2D eigenvalue weighted by Crippen LogP contribution is -2.41. The Morgan fingerprint density at radius 3 is 2.61 bits per heavy atom. The van der Waals surface area contributed by atoms with Crippen LogP contribution in [0.3, 0.4) is 0 Å². The molecule has 0 radical (unpaired) electrons. The molecular formula is C28H41N7O3. The van der Waals surface area contributed by atoms with Crippen molar-refractivity contribution in [3.05, 3.63) is 30.0 Å². The molecule has 0 bridgehead atoms. The zero-order chi connectivity index (χ0) is 27.4. The first-order chi connectivity index (χ1) is 18.2. The lowest BCUT2D eigenvalue weighted by atomic mass is 9.90. The summed E-state index contributed by atoms with van der Waals surface area (Å²) in [6, 6.07) is 6.33. The van der Waals surface area contributed by atoms with E-state index >= 15 is 0 Å². The average Bonchev–Trinajstić information content (AvgIpc) is 3.01. The maximum atomic E-state index is 13.0. The van der Waals surface area contributed by atoms with Crippen LogP contribution in [0.15, 0.2) is 24.4 Å². The molecule has 2 heterocycles. The molecular weight excluding hydrogens is 482 g/mol. The van der Waals surface area contributed by atoms with Crippen LogP contribution in [0.2, 0.25) is 0 Å². The first-order valence-electron chi connectivity index (χ1n) is 13.6. The van der Waals surface area contributed by atoms with Crippen LogP contribution in [0.5, 0.6) is 5.75 Å². The lowest BCUT2D eigenvalue weighted by Gasteiger charge is -2.33. The van der Waals surface area contributed by atoms with Gasteiger partial charge in [-0.1, -0.05) is 0 Å².